The predicted octanol–water partition coefficient (Wildman–Crippen LogP) is 2.01. The maximum absolute atomic E-state index is 5.12. The number of thioether (sulfide) groups is 1. The average Bonchev–Trinajstić information content (AvgIpc) is 3.07. The molecule has 0 amide bonds. The molecule has 0 spiro atoms. The summed E-state index contributed by atoms with van der Waals surface area (Å²) in [6.07, 6.45) is 1.93. The van der Waals surface area contributed by atoms with Crippen LogP contribution in [-0.4, -0.2) is 53.2 Å². The van der Waals surface area contributed by atoms with Crippen molar-refractivity contribution in [1.82, 2.24) is 25.4 Å². The number of hydrogen-bond donors (Lipinski definition) is 2. The molecule has 0 saturated carbocycles. The summed E-state index contributed by atoms with van der Waals surface area (Å²) in [5.74, 6) is 3.62. The van der Waals surface area contributed by atoms with Gasteiger partial charge in [-0.15, -0.1) is 11.8 Å². The largest absolute Gasteiger partial charge is 0.377 e. The van der Waals surface area contributed by atoms with Gasteiger partial charge < -0.3 is 15.4 Å². The summed E-state index contributed by atoms with van der Waals surface area (Å²) in [5.41, 5.74) is 1.29. The van der Waals surface area contributed by atoms with E-state index in [9.17, 15) is 0 Å². The minimum Gasteiger partial charge on any atom is -0.377 e. The van der Waals surface area contributed by atoms with Gasteiger partial charge in [-0.3, -0.25) is 4.99 Å². The van der Waals surface area contributed by atoms with E-state index < -0.39 is 0 Å². The minimum atomic E-state index is 0.297. The second kappa shape index (κ2) is 9.75. The molecule has 0 radical (unpaired) electrons. The van der Waals surface area contributed by atoms with Crippen LogP contribution in [0.5, 0.6) is 0 Å². The number of ether oxygens (including phenoxy) is 1. The minimum absolute atomic E-state index is 0.297. The van der Waals surface area contributed by atoms with Gasteiger partial charge in [0.2, 0.25) is 0 Å². The van der Waals surface area contributed by atoms with Crippen LogP contribution >= 0.6 is 11.8 Å². The third kappa shape index (κ3) is 5.71. The normalized spacial score (nSPS) is 16.9. The molecule has 0 bridgehead atoms. The highest BCUT2D eigenvalue weighted by Gasteiger charge is 2.22. The number of guanidine groups is 1. The van der Waals surface area contributed by atoms with E-state index >= 15 is 0 Å². The van der Waals surface area contributed by atoms with Gasteiger partial charge in [0.1, 0.15) is 12.4 Å². The average molecular weight is 389 g/mol. The fourth-order valence-corrected chi connectivity index (χ4v) is 3.80. The van der Waals surface area contributed by atoms with Gasteiger partial charge in [0.25, 0.3) is 0 Å². The monoisotopic (exact) mass is 388 g/mol. The van der Waals surface area contributed by atoms with Gasteiger partial charge in [-0.25, -0.2) is 9.67 Å². The second-order valence-corrected chi connectivity index (χ2v) is 7.77. The van der Waals surface area contributed by atoms with E-state index in [1.165, 1.54) is 10.5 Å². The van der Waals surface area contributed by atoms with Crippen molar-refractivity contribution in [3.05, 3.63) is 41.5 Å². The number of benzene rings is 1. The van der Waals surface area contributed by atoms with E-state index in [0.717, 1.165) is 49.3 Å². The van der Waals surface area contributed by atoms with E-state index in [4.69, 9.17) is 4.74 Å². The zero-order chi connectivity index (χ0) is 19.1. The lowest BCUT2D eigenvalue weighted by molar-refractivity contribution is 0.177. The lowest BCUT2D eigenvalue weighted by atomic mass is 10.1. The molecule has 0 fully saturated rings. The lowest BCUT2D eigenvalue weighted by Gasteiger charge is -2.25. The van der Waals surface area contributed by atoms with Crippen LogP contribution in [0, 0.1) is 6.92 Å². The fourth-order valence-electron chi connectivity index (χ4n) is 3.03. The molecule has 1 unspecified atom stereocenters. The molecule has 0 saturated heterocycles. The quantitative estimate of drug-likeness (QED) is 0.327. The summed E-state index contributed by atoms with van der Waals surface area (Å²) in [6.45, 7) is 4.22. The van der Waals surface area contributed by atoms with Crippen molar-refractivity contribution in [3.63, 3.8) is 0 Å². The fraction of sp³-hybridized carbons (Fsp3) is 0.526. The van der Waals surface area contributed by atoms with Crippen molar-refractivity contribution in [2.45, 2.75) is 43.9 Å². The zero-order valence-corrected chi connectivity index (χ0v) is 17.1. The number of rotatable bonds is 7. The summed E-state index contributed by atoms with van der Waals surface area (Å²) in [4.78, 5) is 10.2. The van der Waals surface area contributed by atoms with Crippen molar-refractivity contribution in [3.8, 4) is 0 Å². The number of methoxy groups -OCH3 is 1. The summed E-state index contributed by atoms with van der Waals surface area (Å²) < 4.78 is 7.10. The Kier molecular flexibility index (Phi) is 7.11. The predicted molar refractivity (Wildman–Crippen MR) is 109 cm³/mol. The molecule has 7 nitrogen and oxygen atoms in total. The molecule has 1 atom stereocenters. The third-order valence-corrected chi connectivity index (χ3v) is 5.44. The maximum Gasteiger partial charge on any atom is 0.191 e. The molecular formula is C19H28N6OS. The van der Waals surface area contributed by atoms with E-state index in [-0.39, 0.29) is 0 Å². The number of nitrogens with zero attached hydrogens (tertiary/aromatic N) is 4. The Morgan fingerprint density at radius 1 is 1.37 bits per heavy atom. The molecule has 1 aromatic heterocycles. The Morgan fingerprint density at radius 3 is 2.93 bits per heavy atom. The van der Waals surface area contributed by atoms with Crippen LogP contribution in [0.15, 0.2) is 34.2 Å². The van der Waals surface area contributed by atoms with Gasteiger partial charge in [-0.05, 0) is 25.5 Å². The van der Waals surface area contributed by atoms with Crippen molar-refractivity contribution >= 4 is 17.7 Å². The molecule has 27 heavy (non-hydrogen) atoms. The highest BCUT2D eigenvalue weighted by Crippen LogP contribution is 2.17. The Balaban J connectivity index is 1.42. The Morgan fingerprint density at radius 2 is 2.19 bits per heavy atom. The Hall–Kier alpha value is -2.06. The molecule has 3 rings (SSSR count). The molecule has 2 heterocycles. The first-order valence-electron chi connectivity index (χ1n) is 9.26. The van der Waals surface area contributed by atoms with E-state index in [2.05, 4.69) is 56.9 Å². The molecule has 1 aromatic carbocycles. The van der Waals surface area contributed by atoms with Crippen LogP contribution in [0.25, 0.3) is 0 Å². The maximum atomic E-state index is 5.12. The molecule has 146 valence electrons. The highest BCUT2D eigenvalue weighted by molar-refractivity contribution is 7.99. The van der Waals surface area contributed by atoms with Gasteiger partial charge in [0.05, 0.1) is 6.54 Å². The number of fused-ring (bicyclic) bond motifs is 1. The van der Waals surface area contributed by atoms with Crippen LogP contribution in [0.2, 0.25) is 0 Å². The summed E-state index contributed by atoms with van der Waals surface area (Å²) >= 11 is 1.85. The molecule has 2 N–H and O–H groups in total. The van der Waals surface area contributed by atoms with Gasteiger partial charge in [0, 0.05) is 43.8 Å². The summed E-state index contributed by atoms with van der Waals surface area (Å²) in [6, 6.07) is 8.93. The number of hydrogen-bond acceptors (Lipinski definition) is 5. The van der Waals surface area contributed by atoms with Crippen molar-refractivity contribution in [1.29, 1.82) is 0 Å². The topological polar surface area (TPSA) is 76.4 Å². The zero-order valence-electron chi connectivity index (χ0n) is 16.2. The Bertz CT molecular complexity index is 758. The van der Waals surface area contributed by atoms with Crippen molar-refractivity contribution in [2.75, 3.05) is 26.5 Å². The Labute approximate surface area is 165 Å². The van der Waals surface area contributed by atoms with E-state index in [1.54, 1.807) is 7.11 Å². The molecule has 1 aliphatic rings. The highest BCUT2D eigenvalue weighted by atomic mass is 32.2. The van der Waals surface area contributed by atoms with Crippen LogP contribution in [-0.2, 0) is 24.3 Å². The van der Waals surface area contributed by atoms with Gasteiger partial charge in [0.15, 0.2) is 11.8 Å². The SMILES string of the molecule is CN=C(NCCSc1ccc(C)cc1)NC1CCc2nc(COC)nn2C1. The first kappa shape index (κ1) is 19.7. The van der Waals surface area contributed by atoms with Crippen molar-refractivity contribution < 1.29 is 4.74 Å². The molecular weight excluding hydrogens is 360 g/mol. The molecule has 8 heteroatoms. The first-order valence-corrected chi connectivity index (χ1v) is 10.2. The lowest BCUT2D eigenvalue weighted by Crippen LogP contribution is -2.47. The standard InChI is InChI=1S/C19H28N6OS/c1-14-4-7-16(8-5-14)27-11-10-21-19(20-2)22-15-6-9-18-23-17(13-26-3)24-25(18)12-15/h4-5,7-8,15H,6,9-13H2,1-3H3,(H2,20,21,22). The van der Waals surface area contributed by atoms with Crippen LogP contribution in [0.1, 0.15) is 23.6 Å². The van der Waals surface area contributed by atoms with Crippen molar-refractivity contribution in [2.24, 2.45) is 4.99 Å². The molecule has 0 aliphatic carbocycles. The van der Waals surface area contributed by atoms with Crippen LogP contribution in [0.3, 0.4) is 0 Å². The number of aliphatic imine (C=N–C) groups is 1. The van der Waals surface area contributed by atoms with Gasteiger partial charge in [-0.2, -0.15) is 5.10 Å². The smallest absolute Gasteiger partial charge is 0.191 e. The first-order chi connectivity index (χ1) is 13.2. The van der Waals surface area contributed by atoms with Gasteiger partial charge in [-0.1, -0.05) is 17.7 Å². The van der Waals surface area contributed by atoms with Crippen LogP contribution in [0.4, 0.5) is 0 Å². The van der Waals surface area contributed by atoms with Crippen LogP contribution < -0.4 is 10.6 Å². The number of aromatic nitrogens is 3. The molecule has 2 aromatic rings. The molecule has 1 aliphatic heterocycles. The summed E-state index contributed by atoms with van der Waals surface area (Å²) in [5, 5.41) is 11.4. The summed E-state index contributed by atoms with van der Waals surface area (Å²) in [7, 11) is 3.47. The van der Waals surface area contributed by atoms with E-state index in [0.29, 0.717) is 12.6 Å². The number of aryl methyl sites for hydroxylation is 2. The van der Waals surface area contributed by atoms with E-state index in [1.807, 2.05) is 23.5 Å². The second-order valence-electron chi connectivity index (χ2n) is 6.60. The number of nitrogens with one attached hydrogen (secondary N) is 2. The van der Waals surface area contributed by atoms with Gasteiger partial charge >= 0.3 is 0 Å². The third-order valence-electron chi connectivity index (χ3n) is 4.42.